The molecule has 2 aromatic rings. The SMILES string of the molecule is [2H]C([2H])(C1CCOCC1)N1C[C@H]2CC(Nc3ccc(-c4cc(F)cc(F)c4F)nn3)C[C@H]2C1. The van der Waals surface area contributed by atoms with Crippen molar-refractivity contribution in [2.45, 2.75) is 31.7 Å². The molecule has 3 aliphatic rings. The molecule has 5 rings (SSSR count). The Morgan fingerprint density at radius 1 is 1.06 bits per heavy atom. The molecule has 166 valence electrons. The summed E-state index contributed by atoms with van der Waals surface area (Å²) >= 11 is 0. The third-order valence-electron chi connectivity index (χ3n) is 6.62. The number of likely N-dealkylation sites (tertiary alicyclic amines) is 1. The summed E-state index contributed by atoms with van der Waals surface area (Å²) in [5.74, 6) is -1.90. The van der Waals surface area contributed by atoms with Crippen LogP contribution in [0, 0.1) is 35.2 Å². The molecule has 0 amide bonds. The maximum atomic E-state index is 14.0. The molecular weight excluding hydrogens is 405 g/mol. The summed E-state index contributed by atoms with van der Waals surface area (Å²) in [7, 11) is 0. The van der Waals surface area contributed by atoms with Gasteiger partial charge in [0.15, 0.2) is 11.6 Å². The lowest BCUT2D eigenvalue weighted by atomic mass is 10.00. The Morgan fingerprint density at radius 3 is 2.48 bits per heavy atom. The van der Waals surface area contributed by atoms with Gasteiger partial charge in [0.2, 0.25) is 0 Å². The van der Waals surface area contributed by atoms with Gasteiger partial charge in [-0.25, -0.2) is 13.2 Å². The first kappa shape index (κ1) is 18.4. The summed E-state index contributed by atoms with van der Waals surface area (Å²) in [5, 5.41) is 11.4. The minimum absolute atomic E-state index is 0.0178. The van der Waals surface area contributed by atoms with E-state index in [0.29, 0.717) is 36.9 Å². The fourth-order valence-electron chi connectivity index (χ4n) is 5.11. The van der Waals surface area contributed by atoms with Crippen LogP contribution in [0.15, 0.2) is 24.3 Å². The van der Waals surface area contributed by atoms with E-state index in [2.05, 4.69) is 15.5 Å². The van der Waals surface area contributed by atoms with E-state index in [1.807, 2.05) is 4.90 Å². The molecule has 3 fully saturated rings. The van der Waals surface area contributed by atoms with Crippen molar-refractivity contribution in [3.8, 4) is 11.3 Å². The number of rotatable bonds is 5. The monoisotopic (exact) mass is 434 g/mol. The number of nitrogens with one attached hydrogen (secondary N) is 1. The Morgan fingerprint density at radius 2 is 1.81 bits per heavy atom. The molecule has 1 N–H and O–H groups in total. The first-order chi connectivity index (χ1) is 15.8. The molecule has 1 aliphatic carbocycles. The van der Waals surface area contributed by atoms with Crippen molar-refractivity contribution >= 4 is 5.82 Å². The van der Waals surface area contributed by atoms with Crippen LogP contribution in [-0.4, -0.2) is 53.9 Å². The van der Waals surface area contributed by atoms with Crippen molar-refractivity contribution in [3.63, 3.8) is 0 Å². The molecule has 2 saturated heterocycles. The van der Waals surface area contributed by atoms with E-state index in [4.69, 9.17) is 7.48 Å². The standard InChI is InChI=1S/C23H27F3N4O/c24-17-9-19(23(26)20(25)10-17)21-1-2-22(29-28-21)27-18-7-15-12-30(13-16(15)8-18)11-14-3-5-31-6-4-14/h1-2,9-10,14-16,18H,3-8,11-13H2,(H,27,29)/t15-,16+,18?/i11D2. The van der Waals surface area contributed by atoms with Crippen LogP contribution in [0.3, 0.4) is 0 Å². The molecule has 2 aliphatic heterocycles. The van der Waals surface area contributed by atoms with Crippen LogP contribution in [0.2, 0.25) is 0 Å². The summed E-state index contributed by atoms with van der Waals surface area (Å²) in [6.07, 6.45) is 3.37. The van der Waals surface area contributed by atoms with E-state index in [-0.39, 0.29) is 23.2 Å². The molecule has 8 heteroatoms. The van der Waals surface area contributed by atoms with Gasteiger partial charge in [-0.1, -0.05) is 0 Å². The van der Waals surface area contributed by atoms with Gasteiger partial charge in [0, 0.05) is 53.2 Å². The minimum Gasteiger partial charge on any atom is -0.381 e. The second-order valence-corrected chi connectivity index (χ2v) is 8.81. The third kappa shape index (κ3) is 4.55. The summed E-state index contributed by atoms with van der Waals surface area (Å²) < 4.78 is 63.7. The van der Waals surface area contributed by atoms with Gasteiger partial charge in [0.1, 0.15) is 11.6 Å². The van der Waals surface area contributed by atoms with Crippen LogP contribution in [-0.2, 0) is 4.74 Å². The molecule has 1 saturated carbocycles. The zero-order valence-electron chi connectivity index (χ0n) is 19.2. The van der Waals surface area contributed by atoms with Crippen molar-refractivity contribution in [1.29, 1.82) is 0 Å². The van der Waals surface area contributed by atoms with Crippen LogP contribution in [0.4, 0.5) is 19.0 Å². The molecule has 3 heterocycles. The molecule has 0 radical (unpaired) electrons. The van der Waals surface area contributed by atoms with Crippen molar-refractivity contribution in [1.82, 2.24) is 15.1 Å². The van der Waals surface area contributed by atoms with Crippen LogP contribution in [0.1, 0.15) is 28.4 Å². The lowest BCUT2D eigenvalue weighted by molar-refractivity contribution is 0.0545. The number of ether oxygens (including phenoxy) is 1. The molecule has 1 unspecified atom stereocenters. The van der Waals surface area contributed by atoms with Crippen LogP contribution in [0.5, 0.6) is 0 Å². The Hall–Kier alpha value is -2.19. The van der Waals surface area contributed by atoms with Crippen LogP contribution >= 0.6 is 0 Å². The predicted molar refractivity (Wildman–Crippen MR) is 111 cm³/mol. The maximum Gasteiger partial charge on any atom is 0.168 e. The molecular formula is C23H27F3N4O. The lowest BCUT2D eigenvalue weighted by Crippen LogP contribution is -2.32. The van der Waals surface area contributed by atoms with E-state index in [9.17, 15) is 13.2 Å². The molecule has 1 aromatic carbocycles. The van der Waals surface area contributed by atoms with Gasteiger partial charge in [-0.15, -0.1) is 10.2 Å². The third-order valence-corrected chi connectivity index (χ3v) is 6.62. The van der Waals surface area contributed by atoms with Gasteiger partial charge in [-0.3, -0.25) is 0 Å². The van der Waals surface area contributed by atoms with Gasteiger partial charge in [-0.05, 0) is 61.6 Å². The highest BCUT2D eigenvalue weighted by atomic mass is 19.2. The van der Waals surface area contributed by atoms with Crippen molar-refractivity contribution < 1.29 is 20.6 Å². The second kappa shape index (κ2) is 8.74. The Bertz CT molecular complexity index is 990. The second-order valence-electron chi connectivity index (χ2n) is 8.81. The van der Waals surface area contributed by atoms with Crippen LogP contribution < -0.4 is 5.32 Å². The fourth-order valence-corrected chi connectivity index (χ4v) is 5.11. The number of benzene rings is 1. The molecule has 3 atom stereocenters. The van der Waals surface area contributed by atoms with E-state index in [0.717, 1.165) is 44.8 Å². The van der Waals surface area contributed by atoms with E-state index >= 15 is 0 Å². The zero-order valence-corrected chi connectivity index (χ0v) is 17.2. The van der Waals surface area contributed by atoms with Gasteiger partial charge < -0.3 is 15.0 Å². The summed E-state index contributed by atoms with van der Waals surface area (Å²) in [6.45, 7) is 1.48. The van der Waals surface area contributed by atoms with Gasteiger partial charge in [0.25, 0.3) is 0 Å². The Balaban J connectivity index is 1.19. The predicted octanol–water partition coefficient (Wildman–Crippen LogP) is 4.11. The van der Waals surface area contributed by atoms with E-state index < -0.39 is 23.9 Å². The number of nitrogens with zero attached hydrogens (tertiary/aromatic N) is 3. The highest BCUT2D eigenvalue weighted by Crippen LogP contribution is 2.39. The van der Waals surface area contributed by atoms with E-state index in [1.165, 1.54) is 6.07 Å². The van der Waals surface area contributed by atoms with Crippen molar-refractivity contribution in [2.24, 2.45) is 17.8 Å². The topological polar surface area (TPSA) is 50.3 Å². The molecule has 0 bridgehead atoms. The average Bonchev–Trinajstić information content (AvgIpc) is 3.37. The van der Waals surface area contributed by atoms with Gasteiger partial charge >= 0.3 is 0 Å². The summed E-state index contributed by atoms with van der Waals surface area (Å²) in [5.41, 5.74) is -0.202. The summed E-state index contributed by atoms with van der Waals surface area (Å²) in [4.78, 5) is 2.02. The maximum absolute atomic E-state index is 14.0. The first-order valence-corrected chi connectivity index (χ1v) is 10.9. The first-order valence-electron chi connectivity index (χ1n) is 11.9. The zero-order chi connectivity index (χ0) is 23.2. The normalized spacial score (nSPS) is 28.3. The molecule has 0 spiro atoms. The number of fused-ring (bicyclic) bond motifs is 1. The molecule has 1 aromatic heterocycles. The molecule has 5 nitrogen and oxygen atoms in total. The van der Waals surface area contributed by atoms with E-state index in [1.54, 1.807) is 6.07 Å². The number of aromatic nitrogens is 2. The van der Waals surface area contributed by atoms with Gasteiger partial charge in [-0.2, -0.15) is 0 Å². The largest absolute Gasteiger partial charge is 0.381 e. The lowest BCUT2D eigenvalue weighted by Gasteiger charge is -2.27. The number of hydrogen-bond acceptors (Lipinski definition) is 5. The van der Waals surface area contributed by atoms with Gasteiger partial charge in [0.05, 0.1) is 5.69 Å². The number of halogens is 3. The Kier molecular flexibility index (Phi) is 5.19. The quantitative estimate of drug-likeness (QED) is 0.718. The summed E-state index contributed by atoms with van der Waals surface area (Å²) in [6, 6.07) is 4.72. The molecule has 31 heavy (non-hydrogen) atoms. The average molecular weight is 435 g/mol. The minimum atomic E-state index is -1.30. The van der Waals surface area contributed by atoms with Crippen LogP contribution in [0.25, 0.3) is 11.3 Å². The smallest absolute Gasteiger partial charge is 0.168 e. The van der Waals surface area contributed by atoms with Crippen molar-refractivity contribution in [2.75, 3.05) is 38.1 Å². The number of hydrogen-bond donors (Lipinski definition) is 1. The fraction of sp³-hybridized carbons (Fsp3) is 0.565. The number of anilines is 1. The Labute approximate surface area is 182 Å². The highest BCUT2D eigenvalue weighted by Gasteiger charge is 2.41. The highest BCUT2D eigenvalue weighted by molar-refractivity contribution is 5.60. The van der Waals surface area contributed by atoms with Crippen molar-refractivity contribution in [3.05, 3.63) is 41.7 Å².